The van der Waals surface area contributed by atoms with Gasteiger partial charge >= 0.3 is 0 Å². The molecule has 2 aromatic rings. The van der Waals surface area contributed by atoms with Gasteiger partial charge < -0.3 is 14.8 Å². The van der Waals surface area contributed by atoms with Gasteiger partial charge in [-0.15, -0.1) is 0 Å². The van der Waals surface area contributed by atoms with Crippen molar-refractivity contribution in [1.82, 2.24) is 0 Å². The average Bonchev–Trinajstić information content (AvgIpc) is 2.52. The molecule has 1 amide bonds. The van der Waals surface area contributed by atoms with Crippen LogP contribution in [0.3, 0.4) is 0 Å². The molecule has 0 aliphatic carbocycles. The fourth-order valence-corrected chi connectivity index (χ4v) is 2.06. The molecule has 0 heterocycles. The number of benzene rings is 2. The van der Waals surface area contributed by atoms with E-state index in [9.17, 15) is 9.18 Å². The summed E-state index contributed by atoms with van der Waals surface area (Å²) in [6.45, 7) is 4.22. The molecule has 0 aromatic heterocycles. The van der Waals surface area contributed by atoms with Crippen molar-refractivity contribution in [1.29, 1.82) is 0 Å². The standard InChI is InChI=1S/C18H20FNO3/c1-12(2)23-11-14-9-13(7-8-17(14)22-3)18(21)20-16-6-4-5-15(19)10-16/h4-10,12H,11H2,1-3H3,(H,20,21). The van der Waals surface area contributed by atoms with E-state index in [1.807, 2.05) is 13.8 Å². The normalized spacial score (nSPS) is 10.7. The quantitative estimate of drug-likeness (QED) is 0.875. The van der Waals surface area contributed by atoms with E-state index in [1.165, 1.54) is 12.1 Å². The van der Waals surface area contributed by atoms with Gasteiger partial charge in [0, 0.05) is 16.8 Å². The van der Waals surface area contributed by atoms with Crippen molar-refractivity contribution in [2.45, 2.75) is 26.6 Å². The minimum atomic E-state index is -0.399. The second kappa shape index (κ2) is 7.74. The number of carbonyl (C=O) groups excluding carboxylic acids is 1. The Morgan fingerprint density at radius 1 is 1.22 bits per heavy atom. The molecule has 0 aliphatic heterocycles. The summed E-state index contributed by atoms with van der Waals surface area (Å²) in [6.07, 6.45) is 0.0736. The lowest BCUT2D eigenvalue weighted by molar-refractivity contribution is 0.0644. The minimum Gasteiger partial charge on any atom is -0.496 e. The van der Waals surface area contributed by atoms with Crippen LogP contribution in [0.15, 0.2) is 42.5 Å². The molecule has 0 atom stereocenters. The second-order valence-electron chi connectivity index (χ2n) is 5.35. The first kappa shape index (κ1) is 17.0. The second-order valence-corrected chi connectivity index (χ2v) is 5.35. The summed E-state index contributed by atoms with van der Waals surface area (Å²) < 4.78 is 24.0. The monoisotopic (exact) mass is 317 g/mol. The largest absolute Gasteiger partial charge is 0.496 e. The van der Waals surface area contributed by atoms with E-state index in [2.05, 4.69) is 5.32 Å². The molecule has 0 saturated heterocycles. The van der Waals surface area contributed by atoms with Crippen LogP contribution in [0.1, 0.15) is 29.8 Å². The average molecular weight is 317 g/mol. The third kappa shape index (κ3) is 4.79. The van der Waals surface area contributed by atoms with E-state index in [0.717, 1.165) is 5.56 Å². The van der Waals surface area contributed by atoms with Crippen molar-refractivity contribution in [3.63, 3.8) is 0 Å². The molecule has 0 radical (unpaired) electrons. The van der Waals surface area contributed by atoms with Crippen LogP contribution in [0.25, 0.3) is 0 Å². The van der Waals surface area contributed by atoms with Gasteiger partial charge in [-0.05, 0) is 50.2 Å². The maximum Gasteiger partial charge on any atom is 0.255 e. The maximum atomic E-state index is 13.2. The van der Waals surface area contributed by atoms with Gasteiger partial charge in [-0.2, -0.15) is 0 Å². The third-order valence-corrected chi connectivity index (χ3v) is 3.20. The highest BCUT2D eigenvalue weighted by atomic mass is 19.1. The van der Waals surface area contributed by atoms with Crippen LogP contribution in [0.5, 0.6) is 5.75 Å². The zero-order valence-electron chi connectivity index (χ0n) is 13.4. The Kier molecular flexibility index (Phi) is 5.71. The van der Waals surface area contributed by atoms with Crippen LogP contribution in [0, 0.1) is 5.82 Å². The van der Waals surface area contributed by atoms with Crippen LogP contribution in [-0.4, -0.2) is 19.1 Å². The van der Waals surface area contributed by atoms with E-state index in [4.69, 9.17) is 9.47 Å². The number of halogens is 1. The molecule has 0 unspecified atom stereocenters. The number of hydrogen-bond donors (Lipinski definition) is 1. The summed E-state index contributed by atoms with van der Waals surface area (Å²) in [5, 5.41) is 2.67. The van der Waals surface area contributed by atoms with Crippen molar-refractivity contribution in [3.8, 4) is 5.75 Å². The Hall–Kier alpha value is -2.40. The highest BCUT2D eigenvalue weighted by molar-refractivity contribution is 6.04. The Bertz CT molecular complexity index is 686. The first-order valence-electron chi connectivity index (χ1n) is 7.35. The van der Waals surface area contributed by atoms with Crippen molar-refractivity contribution in [3.05, 3.63) is 59.4 Å². The van der Waals surface area contributed by atoms with E-state index >= 15 is 0 Å². The number of ether oxygens (including phenoxy) is 2. The first-order valence-corrected chi connectivity index (χ1v) is 7.35. The van der Waals surface area contributed by atoms with Crippen LogP contribution >= 0.6 is 0 Å². The molecule has 2 aromatic carbocycles. The third-order valence-electron chi connectivity index (χ3n) is 3.20. The van der Waals surface area contributed by atoms with Gasteiger partial charge in [0.05, 0.1) is 19.8 Å². The molecule has 23 heavy (non-hydrogen) atoms. The topological polar surface area (TPSA) is 47.6 Å². The molecule has 122 valence electrons. The number of nitrogens with one attached hydrogen (secondary N) is 1. The van der Waals surface area contributed by atoms with Gasteiger partial charge in [-0.1, -0.05) is 6.07 Å². The molecule has 1 N–H and O–H groups in total. The van der Waals surface area contributed by atoms with Crippen molar-refractivity contribution in [2.75, 3.05) is 12.4 Å². The Morgan fingerprint density at radius 3 is 2.65 bits per heavy atom. The summed E-state index contributed by atoms with van der Waals surface area (Å²) in [5.74, 6) is -0.0550. The van der Waals surface area contributed by atoms with Crippen LogP contribution in [0.2, 0.25) is 0 Å². The molecule has 0 fully saturated rings. The van der Waals surface area contributed by atoms with Crippen LogP contribution in [-0.2, 0) is 11.3 Å². The smallest absolute Gasteiger partial charge is 0.255 e. The van der Waals surface area contributed by atoms with E-state index in [0.29, 0.717) is 23.6 Å². The first-order chi connectivity index (χ1) is 11.0. The highest BCUT2D eigenvalue weighted by Crippen LogP contribution is 2.22. The van der Waals surface area contributed by atoms with Crippen molar-refractivity contribution < 1.29 is 18.7 Å². The molecular weight excluding hydrogens is 297 g/mol. The molecule has 2 rings (SSSR count). The zero-order chi connectivity index (χ0) is 16.8. The number of hydrogen-bond acceptors (Lipinski definition) is 3. The molecular formula is C18H20FNO3. The summed E-state index contributed by atoms with van der Waals surface area (Å²) in [6, 6.07) is 10.9. The molecule has 0 aliphatic rings. The summed E-state index contributed by atoms with van der Waals surface area (Å²) in [4.78, 5) is 12.3. The van der Waals surface area contributed by atoms with Gasteiger partial charge in [-0.25, -0.2) is 4.39 Å². The van der Waals surface area contributed by atoms with Crippen molar-refractivity contribution in [2.24, 2.45) is 0 Å². The van der Waals surface area contributed by atoms with Crippen LogP contribution < -0.4 is 10.1 Å². The molecule has 0 bridgehead atoms. The maximum absolute atomic E-state index is 13.2. The fourth-order valence-electron chi connectivity index (χ4n) is 2.06. The fraction of sp³-hybridized carbons (Fsp3) is 0.278. The number of methoxy groups -OCH3 is 1. The summed E-state index contributed by atoms with van der Waals surface area (Å²) in [7, 11) is 1.57. The molecule has 0 spiro atoms. The SMILES string of the molecule is COc1ccc(C(=O)Nc2cccc(F)c2)cc1COC(C)C. The van der Waals surface area contributed by atoms with Gasteiger partial charge in [-0.3, -0.25) is 4.79 Å². The van der Waals surface area contributed by atoms with Crippen LogP contribution in [0.4, 0.5) is 10.1 Å². The Labute approximate surface area is 135 Å². The van der Waals surface area contributed by atoms with Gasteiger partial charge in [0.15, 0.2) is 0 Å². The predicted octanol–water partition coefficient (Wildman–Crippen LogP) is 4.01. The summed E-state index contributed by atoms with van der Waals surface area (Å²) >= 11 is 0. The number of rotatable bonds is 6. The lowest BCUT2D eigenvalue weighted by Gasteiger charge is -2.13. The Morgan fingerprint density at radius 2 is 2.00 bits per heavy atom. The Balaban J connectivity index is 2.18. The lowest BCUT2D eigenvalue weighted by Crippen LogP contribution is -2.13. The number of amides is 1. The number of carbonyl (C=O) groups is 1. The summed E-state index contributed by atoms with van der Waals surface area (Å²) in [5.41, 5.74) is 1.65. The van der Waals surface area contributed by atoms with E-state index < -0.39 is 5.82 Å². The van der Waals surface area contributed by atoms with E-state index in [1.54, 1.807) is 37.4 Å². The highest BCUT2D eigenvalue weighted by Gasteiger charge is 2.11. The zero-order valence-corrected chi connectivity index (χ0v) is 13.4. The number of anilines is 1. The molecule has 5 heteroatoms. The van der Waals surface area contributed by atoms with Crippen molar-refractivity contribution >= 4 is 11.6 Å². The predicted molar refractivity (Wildman–Crippen MR) is 87.3 cm³/mol. The minimum absolute atomic E-state index is 0.0736. The van der Waals surface area contributed by atoms with E-state index in [-0.39, 0.29) is 12.0 Å². The molecule has 4 nitrogen and oxygen atoms in total. The lowest BCUT2D eigenvalue weighted by atomic mass is 10.1. The van der Waals surface area contributed by atoms with Gasteiger partial charge in [0.1, 0.15) is 11.6 Å². The van der Waals surface area contributed by atoms with Gasteiger partial charge in [0.25, 0.3) is 5.91 Å². The molecule has 0 saturated carbocycles. The van der Waals surface area contributed by atoms with Gasteiger partial charge in [0.2, 0.25) is 0 Å².